The molecule has 9 heteroatoms. The number of benzene rings is 2. The van der Waals surface area contributed by atoms with Gasteiger partial charge in [-0.2, -0.15) is 0 Å². The smallest absolute Gasteiger partial charge is 0.343 e. The molecule has 3 N–H and O–H groups in total. The van der Waals surface area contributed by atoms with Crippen molar-refractivity contribution in [2.45, 2.75) is 13.0 Å². The summed E-state index contributed by atoms with van der Waals surface area (Å²) in [5, 5.41) is 4.20. The summed E-state index contributed by atoms with van der Waals surface area (Å²) in [4.78, 5) is 31.8. The number of carbonyl (C=O) groups excluding carboxylic acids is 1. The van der Waals surface area contributed by atoms with E-state index in [9.17, 15) is 9.59 Å². The van der Waals surface area contributed by atoms with Gasteiger partial charge in [-0.25, -0.2) is 14.2 Å². The fourth-order valence-corrected chi connectivity index (χ4v) is 4.58. The number of nitrogens with zero attached hydrogens (tertiary/aromatic N) is 3. The van der Waals surface area contributed by atoms with Crippen LogP contribution in [0.3, 0.4) is 0 Å². The number of nitrogens with two attached hydrogens (primary N) is 1. The van der Waals surface area contributed by atoms with Crippen LogP contribution >= 0.6 is 0 Å². The first-order valence-electron chi connectivity index (χ1n) is 11.5. The molecule has 0 radical (unpaired) electrons. The number of nitrogen functional groups attached to an aromatic ring is 1. The summed E-state index contributed by atoms with van der Waals surface area (Å²) < 4.78 is 21.9. The fraction of sp³-hybridized carbons (Fsp3) is 0.269. The van der Waals surface area contributed by atoms with Gasteiger partial charge in [0.05, 0.1) is 23.2 Å². The highest BCUT2D eigenvalue weighted by Crippen LogP contribution is 2.30. The van der Waals surface area contributed by atoms with Crippen LogP contribution in [0.2, 0.25) is 0 Å². The van der Waals surface area contributed by atoms with Crippen molar-refractivity contribution in [1.29, 1.82) is 0 Å². The lowest BCUT2D eigenvalue weighted by molar-refractivity contribution is 0.0524. The first-order valence-corrected chi connectivity index (χ1v) is 11.5. The van der Waals surface area contributed by atoms with Crippen LogP contribution in [0.25, 0.3) is 21.9 Å². The van der Waals surface area contributed by atoms with Crippen molar-refractivity contribution in [2.24, 2.45) is 7.05 Å². The van der Waals surface area contributed by atoms with Crippen LogP contribution in [0.1, 0.15) is 28.9 Å². The van der Waals surface area contributed by atoms with E-state index in [4.69, 9.17) is 10.5 Å². The number of halogens is 1. The number of aryl methyl sites for hydroxylation is 1. The Bertz CT molecular complexity index is 1500. The molecule has 1 atom stereocenters. The van der Waals surface area contributed by atoms with Crippen LogP contribution in [0.4, 0.5) is 15.8 Å². The molecule has 1 fully saturated rings. The molecular formula is C26H26FN5O3. The van der Waals surface area contributed by atoms with Gasteiger partial charge >= 0.3 is 5.97 Å². The van der Waals surface area contributed by atoms with Crippen molar-refractivity contribution in [3.8, 4) is 0 Å². The first-order chi connectivity index (χ1) is 16.9. The second-order valence-corrected chi connectivity index (χ2v) is 8.68. The fourth-order valence-electron chi connectivity index (χ4n) is 4.58. The van der Waals surface area contributed by atoms with Crippen molar-refractivity contribution >= 4 is 39.3 Å². The number of esters is 1. The number of fused-ring (bicyclic) bond motifs is 2. The molecule has 2 aromatic heterocycles. The number of hydrogen-bond donors (Lipinski definition) is 2. The molecule has 180 valence electrons. The molecule has 1 saturated heterocycles. The average Bonchev–Trinajstić information content (AvgIpc) is 2.85. The van der Waals surface area contributed by atoms with Gasteiger partial charge in [-0.3, -0.25) is 4.79 Å². The minimum atomic E-state index is -0.689. The number of piperazine rings is 1. The highest BCUT2D eigenvalue weighted by Gasteiger charge is 2.24. The van der Waals surface area contributed by atoms with Crippen LogP contribution in [-0.4, -0.2) is 41.8 Å². The molecule has 8 nitrogen and oxygen atoms in total. The molecule has 0 bridgehead atoms. The lowest BCUT2D eigenvalue weighted by atomic mass is 10.0. The highest BCUT2D eigenvalue weighted by molar-refractivity contribution is 5.97. The normalized spacial score (nSPS) is 16.1. The van der Waals surface area contributed by atoms with Gasteiger partial charge in [0.1, 0.15) is 17.0 Å². The summed E-state index contributed by atoms with van der Waals surface area (Å²) >= 11 is 0. The molecule has 0 saturated carbocycles. The quantitative estimate of drug-likeness (QED) is 0.266. The summed E-state index contributed by atoms with van der Waals surface area (Å²) in [7, 11) is 1.71. The lowest BCUT2D eigenvalue weighted by Crippen LogP contribution is -2.46. The second-order valence-electron chi connectivity index (χ2n) is 8.68. The molecule has 2 aromatic carbocycles. The predicted molar refractivity (Wildman–Crippen MR) is 134 cm³/mol. The van der Waals surface area contributed by atoms with Gasteiger partial charge in [0.25, 0.3) is 0 Å². The van der Waals surface area contributed by atoms with Crippen LogP contribution in [0.15, 0.2) is 53.5 Å². The van der Waals surface area contributed by atoms with Crippen molar-refractivity contribution < 1.29 is 13.9 Å². The van der Waals surface area contributed by atoms with Gasteiger partial charge < -0.3 is 25.3 Å². The van der Waals surface area contributed by atoms with E-state index in [2.05, 4.69) is 10.3 Å². The van der Waals surface area contributed by atoms with E-state index in [1.807, 2.05) is 29.2 Å². The van der Waals surface area contributed by atoms with Gasteiger partial charge in [0.15, 0.2) is 0 Å². The second kappa shape index (κ2) is 8.99. The third-order valence-electron chi connectivity index (χ3n) is 6.36. The van der Waals surface area contributed by atoms with E-state index in [0.717, 1.165) is 5.56 Å². The maximum Gasteiger partial charge on any atom is 0.343 e. The Morgan fingerprint density at radius 2 is 2.03 bits per heavy atom. The molecule has 1 unspecified atom stereocenters. The van der Waals surface area contributed by atoms with Crippen LogP contribution in [-0.2, 0) is 11.8 Å². The molecule has 4 aromatic rings. The third kappa shape index (κ3) is 4.19. The van der Waals surface area contributed by atoms with Crippen LogP contribution in [0, 0.1) is 5.82 Å². The molecule has 0 aliphatic carbocycles. The molecule has 1 aliphatic heterocycles. The Morgan fingerprint density at radius 3 is 2.77 bits per heavy atom. The van der Waals surface area contributed by atoms with E-state index < -0.39 is 17.2 Å². The molecule has 0 amide bonds. The summed E-state index contributed by atoms with van der Waals surface area (Å²) in [5.74, 6) is -1.08. The summed E-state index contributed by atoms with van der Waals surface area (Å²) in [6.07, 6.45) is 1.43. The number of nitrogens with one attached hydrogen (secondary N) is 1. The van der Waals surface area contributed by atoms with Crippen molar-refractivity contribution in [3.63, 3.8) is 0 Å². The SMILES string of the molecule is CCOC(=O)c1cn(C)c2nc3cc(N4CCNC(c5ccc(N)cc5)C4)c(F)cc3cc2c1=O. The van der Waals surface area contributed by atoms with Gasteiger partial charge in [-0.15, -0.1) is 0 Å². The Balaban J connectivity index is 1.55. The van der Waals surface area contributed by atoms with Gasteiger partial charge in [-0.1, -0.05) is 12.1 Å². The standard InChI is InChI=1S/C26H26FN5O3/c1-3-35-26(34)19-13-31(2)25-18(24(19)33)10-16-11-20(27)23(12-21(16)30-25)32-9-8-29-22(14-32)15-4-6-17(28)7-5-15/h4-7,10-13,22,29H,3,8-9,14,28H2,1-2H3. The number of aromatic nitrogens is 2. The van der Waals surface area contributed by atoms with Crippen molar-refractivity contribution in [3.05, 3.63) is 75.8 Å². The zero-order chi connectivity index (χ0) is 24.7. The number of pyridine rings is 2. The summed E-state index contributed by atoms with van der Waals surface area (Å²) in [5.41, 5.74) is 8.47. The van der Waals surface area contributed by atoms with Gasteiger partial charge in [0.2, 0.25) is 5.43 Å². The molecule has 1 aliphatic rings. The van der Waals surface area contributed by atoms with Crippen LogP contribution in [0.5, 0.6) is 0 Å². The Hall–Kier alpha value is -3.98. The van der Waals surface area contributed by atoms with E-state index in [-0.39, 0.29) is 23.6 Å². The third-order valence-corrected chi connectivity index (χ3v) is 6.36. The lowest BCUT2D eigenvalue weighted by Gasteiger charge is -2.35. The highest BCUT2D eigenvalue weighted by atomic mass is 19.1. The average molecular weight is 476 g/mol. The zero-order valence-electron chi connectivity index (χ0n) is 19.5. The number of ether oxygens (including phenoxy) is 1. The Labute approximate surface area is 201 Å². The van der Waals surface area contributed by atoms with Gasteiger partial charge in [-0.05, 0) is 42.8 Å². The summed E-state index contributed by atoms with van der Waals surface area (Å²) in [6, 6.07) is 12.4. The first kappa shape index (κ1) is 22.8. The minimum absolute atomic E-state index is 0.0335. The van der Waals surface area contributed by atoms with E-state index >= 15 is 4.39 Å². The van der Waals surface area contributed by atoms with E-state index in [1.54, 1.807) is 30.7 Å². The molecule has 35 heavy (non-hydrogen) atoms. The molecular weight excluding hydrogens is 449 g/mol. The van der Waals surface area contributed by atoms with Crippen molar-refractivity contribution in [1.82, 2.24) is 14.9 Å². The largest absolute Gasteiger partial charge is 0.462 e. The predicted octanol–water partition coefficient (Wildman–Crippen LogP) is 3.14. The maximum absolute atomic E-state index is 15.3. The van der Waals surface area contributed by atoms with E-state index in [1.165, 1.54) is 12.3 Å². The number of rotatable bonds is 4. The molecule has 5 rings (SSSR count). The van der Waals surface area contributed by atoms with E-state index in [0.29, 0.717) is 47.6 Å². The van der Waals surface area contributed by atoms with Gasteiger partial charge in [0, 0.05) is 50.0 Å². The Kier molecular flexibility index (Phi) is 5.86. The summed E-state index contributed by atoms with van der Waals surface area (Å²) in [6.45, 7) is 3.76. The zero-order valence-corrected chi connectivity index (χ0v) is 19.5. The molecule has 0 spiro atoms. The van der Waals surface area contributed by atoms with Crippen molar-refractivity contribution in [2.75, 3.05) is 36.9 Å². The minimum Gasteiger partial charge on any atom is -0.462 e. The monoisotopic (exact) mass is 475 g/mol. The number of anilines is 2. The number of hydrogen-bond acceptors (Lipinski definition) is 7. The maximum atomic E-state index is 15.3. The Morgan fingerprint density at radius 1 is 1.26 bits per heavy atom. The number of carbonyl (C=O) groups is 1. The topological polar surface area (TPSA) is 102 Å². The molecule has 3 heterocycles. The van der Waals surface area contributed by atoms with Crippen LogP contribution < -0.4 is 21.4 Å².